The van der Waals surface area contributed by atoms with Crippen LogP contribution in [-0.4, -0.2) is 31.4 Å². The Hall–Kier alpha value is -1.74. The maximum Gasteiger partial charge on any atom is 0.257 e. The van der Waals surface area contributed by atoms with Crippen LogP contribution in [0.25, 0.3) is 0 Å². The van der Waals surface area contributed by atoms with Gasteiger partial charge in [0.1, 0.15) is 5.01 Å². The molecule has 1 amide bonds. The van der Waals surface area contributed by atoms with E-state index in [-0.39, 0.29) is 23.9 Å². The molecule has 7 nitrogen and oxygen atoms in total. The molecule has 0 unspecified atom stereocenters. The molecule has 1 N–H and O–H groups in total. The van der Waals surface area contributed by atoms with Crippen LogP contribution >= 0.6 is 23.1 Å². The van der Waals surface area contributed by atoms with Gasteiger partial charge in [0.15, 0.2) is 5.16 Å². The minimum atomic E-state index is -0.146. The third-order valence-corrected chi connectivity index (χ3v) is 5.92. The molecule has 1 atom stereocenters. The Labute approximate surface area is 140 Å². The van der Waals surface area contributed by atoms with Gasteiger partial charge in [0.2, 0.25) is 11.0 Å². The van der Waals surface area contributed by atoms with Crippen LogP contribution in [0.15, 0.2) is 9.95 Å². The average molecular weight is 349 g/mol. The maximum atomic E-state index is 12.7. The maximum absolute atomic E-state index is 12.7. The number of nitrogens with one attached hydrogen (secondary N) is 1. The molecule has 1 aliphatic heterocycles. The van der Waals surface area contributed by atoms with Crippen molar-refractivity contribution in [3.05, 3.63) is 26.6 Å². The van der Waals surface area contributed by atoms with Gasteiger partial charge in [0.25, 0.3) is 5.56 Å². The van der Waals surface area contributed by atoms with Crippen LogP contribution < -0.4 is 10.9 Å². The molecule has 2 aliphatic rings. The summed E-state index contributed by atoms with van der Waals surface area (Å²) in [6, 6.07) is -0.144. The van der Waals surface area contributed by atoms with E-state index in [9.17, 15) is 9.59 Å². The highest BCUT2D eigenvalue weighted by Crippen LogP contribution is 2.34. The van der Waals surface area contributed by atoms with Gasteiger partial charge in [-0.05, 0) is 26.2 Å². The summed E-state index contributed by atoms with van der Waals surface area (Å²) in [4.78, 5) is 29.5. The second kappa shape index (κ2) is 5.72. The first kappa shape index (κ1) is 14.8. The van der Waals surface area contributed by atoms with Crippen molar-refractivity contribution in [2.45, 2.75) is 43.8 Å². The van der Waals surface area contributed by atoms with E-state index in [1.165, 1.54) is 11.3 Å². The largest absolute Gasteiger partial charge is 0.300 e. The molecule has 0 saturated heterocycles. The van der Waals surface area contributed by atoms with Gasteiger partial charge in [-0.25, -0.2) is 4.98 Å². The van der Waals surface area contributed by atoms with Crippen LogP contribution in [-0.2, 0) is 17.6 Å². The number of aryl methyl sites for hydroxylation is 2. The molecule has 4 rings (SSSR count). The third kappa shape index (κ3) is 2.67. The van der Waals surface area contributed by atoms with Crippen LogP contribution in [0.4, 0.5) is 5.13 Å². The van der Waals surface area contributed by atoms with Crippen molar-refractivity contribution in [1.29, 1.82) is 0 Å². The molecule has 0 spiro atoms. The summed E-state index contributed by atoms with van der Waals surface area (Å²) in [7, 11) is 0. The topological polar surface area (TPSA) is 89.8 Å². The van der Waals surface area contributed by atoms with E-state index in [1.54, 1.807) is 16.3 Å². The van der Waals surface area contributed by atoms with Crippen molar-refractivity contribution in [2.75, 3.05) is 11.1 Å². The number of hydrogen-bond donors (Lipinski definition) is 1. The lowest BCUT2D eigenvalue weighted by molar-refractivity contribution is -0.116. The summed E-state index contributed by atoms with van der Waals surface area (Å²) >= 11 is 2.89. The zero-order valence-corrected chi connectivity index (χ0v) is 14.2. The number of anilines is 1. The number of nitrogens with zero attached hydrogens (tertiary/aromatic N) is 4. The van der Waals surface area contributed by atoms with Crippen molar-refractivity contribution < 1.29 is 4.79 Å². The fourth-order valence-electron chi connectivity index (χ4n) is 3.03. The fourth-order valence-corrected chi connectivity index (χ4v) is 4.80. The first-order chi connectivity index (χ1) is 11.1. The first-order valence-electron chi connectivity index (χ1n) is 7.49. The van der Waals surface area contributed by atoms with Crippen molar-refractivity contribution in [3.8, 4) is 0 Å². The van der Waals surface area contributed by atoms with Gasteiger partial charge in [0.05, 0.1) is 11.7 Å². The molecular formula is C14H15N5O2S2. The van der Waals surface area contributed by atoms with E-state index < -0.39 is 0 Å². The van der Waals surface area contributed by atoms with Gasteiger partial charge in [-0.3, -0.25) is 14.2 Å². The number of rotatable bonds is 3. The molecule has 2 aromatic rings. The molecule has 9 heteroatoms. The molecule has 0 bridgehead atoms. The highest BCUT2D eigenvalue weighted by atomic mass is 32.2. The highest BCUT2D eigenvalue weighted by molar-refractivity contribution is 7.99. The molecular weight excluding hydrogens is 334 g/mol. The molecule has 0 saturated carbocycles. The van der Waals surface area contributed by atoms with Crippen molar-refractivity contribution in [1.82, 2.24) is 19.7 Å². The van der Waals surface area contributed by atoms with Crippen LogP contribution in [0.3, 0.4) is 0 Å². The van der Waals surface area contributed by atoms with E-state index in [4.69, 9.17) is 0 Å². The predicted molar refractivity (Wildman–Crippen MR) is 88.2 cm³/mol. The van der Waals surface area contributed by atoms with Gasteiger partial charge in [-0.2, -0.15) is 0 Å². The minimum absolute atomic E-state index is 0.0389. The molecule has 0 aromatic carbocycles. The van der Waals surface area contributed by atoms with Crippen molar-refractivity contribution >= 4 is 34.1 Å². The molecule has 1 aliphatic carbocycles. The van der Waals surface area contributed by atoms with Crippen LogP contribution in [0.5, 0.6) is 0 Å². The second-order valence-corrected chi connectivity index (χ2v) is 7.86. The Morgan fingerprint density at radius 2 is 2.26 bits per heavy atom. The Kier molecular flexibility index (Phi) is 3.68. The number of carbonyl (C=O) groups is 1. The van der Waals surface area contributed by atoms with Gasteiger partial charge in [0, 0.05) is 17.7 Å². The molecule has 23 heavy (non-hydrogen) atoms. The zero-order valence-electron chi connectivity index (χ0n) is 12.5. The lowest BCUT2D eigenvalue weighted by atomic mass is 10.2. The van der Waals surface area contributed by atoms with Gasteiger partial charge >= 0.3 is 0 Å². The van der Waals surface area contributed by atoms with Crippen molar-refractivity contribution in [3.63, 3.8) is 0 Å². The van der Waals surface area contributed by atoms with Crippen LogP contribution in [0, 0.1) is 6.92 Å². The number of carbonyl (C=O) groups excluding carboxylic acids is 1. The fraction of sp³-hybridized carbons (Fsp3) is 0.500. The Morgan fingerprint density at radius 3 is 3.04 bits per heavy atom. The number of hydrogen-bond acceptors (Lipinski definition) is 7. The number of fused-ring (bicyclic) bond motifs is 2. The normalized spacial score (nSPS) is 18.7. The van der Waals surface area contributed by atoms with Crippen molar-refractivity contribution in [2.24, 2.45) is 0 Å². The molecule has 0 radical (unpaired) electrons. The predicted octanol–water partition coefficient (Wildman–Crippen LogP) is 1.57. The number of aromatic nitrogens is 4. The van der Waals surface area contributed by atoms with Gasteiger partial charge in [-0.1, -0.05) is 23.1 Å². The Balaban J connectivity index is 1.55. The number of amides is 1. The summed E-state index contributed by atoms with van der Waals surface area (Å²) in [6.07, 6.45) is 2.93. The smallest absolute Gasteiger partial charge is 0.257 e. The summed E-state index contributed by atoms with van der Waals surface area (Å²) in [5.74, 6) is 0.556. The minimum Gasteiger partial charge on any atom is -0.300 e. The first-order valence-corrected chi connectivity index (χ1v) is 9.29. The molecule has 120 valence electrons. The zero-order chi connectivity index (χ0) is 16.0. The van der Waals surface area contributed by atoms with E-state index >= 15 is 0 Å². The average Bonchev–Trinajstić information content (AvgIpc) is 3.20. The quantitative estimate of drug-likeness (QED) is 0.846. The summed E-state index contributed by atoms with van der Waals surface area (Å²) in [5, 5.41) is 12.6. The van der Waals surface area contributed by atoms with Crippen LogP contribution in [0.2, 0.25) is 0 Å². The SMILES string of the molecule is Cc1nnc(NC(=O)C[C@H]2CSc3nc4c(c(=O)n32)CCC4)s1. The lowest BCUT2D eigenvalue weighted by Gasteiger charge is -2.13. The van der Waals surface area contributed by atoms with Gasteiger partial charge in [-0.15, -0.1) is 10.2 Å². The third-order valence-electron chi connectivity index (χ3n) is 4.07. The molecule has 2 aromatic heterocycles. The van der Waals surface area contributed by atoms with Crippen LogP contribution in [0.1, 0.15) is 35.1 Å². The molecule has 0 fully saturated rings. The Morgan fingerprint density at radius 1 is 1.39 bits per heavy atom. The van der Waals surface area contributed by atoms with Gasteiger partial charge < -0.3 is 5.32 Å². The number of thioether (sulfide) groups is 1. The summed E-state index contributed by atoms with van der Waals surface area (Å²) in [5.41, 5.74) is 1.82. The molecule has 3 heterocycles. The van der Waals surface area contributed by atoms with E-state index in [0.29, 0.717) is 10.9 Å². The Bertz CT molecular complexity index is 844. The van der Waals surface area contributed by atoms with E-state index in [2.05, 4.69) is 20.5 Å². The summed E-state index contributed by atoms with van der Waals surface area (Å²) in [6.45, 7) is 1.84. The highest BCUT2D eigenvalue weighted by Gasteiger charge is 2.31. The second-order valence-electron chi connectivity index (χ2n) is 5.69. The lowest BCUT2D eigenvalue weighted by Crippen LogP contribution is -2.30. The summed E-state index contributed by atoms with van der Waals surface area (Å²) < 4.78 is 1.71. The monoisotopic (exact) mass is 349 g/mol. The standard InChI is InChI=1S/C14H15N5O2S2/c1-7-17-18-13(23-7)16-11(20)5-8-6-22-14-15-10-4-2-3-9(10)12(21)19(8)14/h8H,2-6H2,1H3,(H,16,18,20)/t8-/m0/s1. The van der Waals surface area contributed by atoms with E-state index in [0.717, 1.165) is 40.7 Å². The van der Waals surface area contributed by atoms with E-state index in [1.807, 2.05) is 6.92 Å².